The lowest BCUT2D eigenvalue weighted by atomic mass is 10.1. The van der Waals surface area contributed by atoms with Crippen LogP contribution in [0.5, 0.6) is 0 Å². The summed E-state index contributed by atoms with van der Waals surface area (Å²) in [5.41, 5.74) is 6.53. The molecule has 0 aliphatic heterocycles. The van der Waals surface area contributed by atoms with E-state index in [0.717, 1.165) is 11.1 Å². The lowest BCUT2D eigenvalue weighted by Gasteiger charge is -2.06. The third-order valence-corrected chi connectivity index (χ3v) is 2.22. The summed E-state index contributed by atoms with van der Waals surface area (Å²) in [6.07, 6.45) is 0.0799. The number of rotatable bonds is 4. The van der Waals surface area contributed by atoms with E-state index in [9.17, 15) is 14.4 Å². The molecule has 0 saturated carbocycles. The van der Waals surface area contributed by atoms with Gasteiger partial charge in [0.25, 0.3) is 5.91 Å². The molecule has 6 nitrogen and oxygen atoms in total. The number of imide groups is 1. The normalized spacial score (nSPS) is 9.61. The number of hydrogen-bond acceptors (Lipinski definition) is 4. The van der Waals surface area contributed by atoms with Crippen molar-refractivity contribution in [2.45, 2.75) is 13.3 Å². The average molecular weight is 250 g/mol. The molecule has 0 bridgehead atoms. The predicted octanol–water partition coefficient (Wildman–Crippen LogP) is 0.276. The Bertz CT molecular complexity index is 471. The maximum absolute atomic E-state index is 11.4. The molecule has 0 radical (unpaired) electrons. The lowest BCUT2D eigenvalue weighted by Crippen LogP contribution is -2.37. The number of carbonyl (C=O) groups excluding carboxylic acids is 3. The fourth-order valence-corrected chi connectivity index (χ4v) is 1.33. The number of primary amides is 1. The number of aryl methyl sites for hydroxylation is 1. The molecule has 3 N–H and O–H groups in total. The Hall–Kier alpha value is -2.37. The highest BCUT2D eigenvalue weighted by Crippen LogP contribution is 2.08. The van der Waals surface area contributed by atoms with E-state index in [1.807, 2.05) is 25.1 Å². The molecule has 0 fully saturated rings. The van der Waals surface area contributed by atoms with Crippen LogP contribution >= 0.6 is 0 Å². The number of benzene rings is 1. The zero-order chi connectivity index (χ0) is 13.5. The summed E-state index contributed by atoms with van der Waals surface area (Å²) < 4.78 is 4.70. The van der Waals surface area contributed by atoms with Crippen molar-refractivity contribution in [1.29, 1.82) is 0 Å². The molecule has 1 aromatic carbocycles. The van der Waals surface area contributed by atoms with Gasteiger partial charge in [-0.15, -0.1) is 0 Å². The molecule has 96 valence electrons. The maximum Gasteiger partial charge on any atom is 0.318 e. The van der Waals surface area contributed by atoms with Crippen LogP contribution in [-0.4, -0.2) is 24.5 Å². The van der Waals surface area contributed by atoms with Crippen LogP contribution in [0.3, 0.4) is 0 Å². The first kappa shape index (κ1) is 13.7. The Kier molecular flexibility index (Phi) is 4.86. The van der Waals surface area contributed by atoms with E-state index in [4.69, 9.17) is 10.5 Å². The second-order valence-electron chi connectivity index (χ2n) is 3.68. The van der Waals surface area contributed by atoms with Crippen molar-refractivity contribution >= 4 is 17.9 Å². The fraction of sp³-hybridized carbons (Fsp3) is 0.250. The van der Waals surface area contributed by atoms with Crippen LogP contribution in [0.15, 0.2) is 24.3 Å². The van der Waals surface area contributed by atoms with Gasteiger partial charge in [0.05, 0.1) is 6.42 Å². The first-order chi connectivity index (χ1) is 8.49. The molecular formula is C12H14N2O4. The van der Waals surface area contributed by atoms with Gasteiger partial charge in [0.2, 0.25) is 0 Å². The van der Waals surface area contributed by atoms with Crippen LogP contribution < -0.4 is 11.1 Å². The Morgan fingerprint density at radius 3 is 2.56 bits per heavy atom. The second-order valence-corrected chi connectivity index (χ2v) is 3.68. The van der Waals surface area contributed by atoms with Gasteiger partial charge in [-0.1, -0.05) is 24.3 Å². The van der Waals surface area contributed by atoms with Gasteiger partial charge >= 0.3 is 12.0 Å². The second kappa shape index (κ2) is 6.39. The molecule has 0 heterocycles. The van der Waals surface area contributed by atoms with Crippen LogP contribution in [0.4, 0.5) is 4.79 Å². The van der Waals surface area contributed by atoms with E-state index in [1.165, 1.54) is 0 Å². The minimum Gasteiger partial charge on any atom is -0.455 e. The summed E-state index contributed by atoms with van der Waals surface area (Å²) in [5, 5.41) is 1.80. The quantitative estimate of drug-likeness (QED) is 0.749. The van der Waals surface area contributed by atoms with E-state index in [0.29, 0.717) is 0 Å². The van der Waals surface area contributed by atoms with E-state index < -0.39 is 24.5 Å². The summed E-state index contributed by atoms with van der Waals surface area (Å²) in [7, 11) is 0. The summed E-state index contributed by atoms with van der Waals surface area (Å²) in [6, 6.07) is 6.39. The van der Waals surface area contributed by atoms with Gasteiger partial charge in [-0.3, -0.25) is 14.9 Å². The number of esters is 1. The molecule has 0 atom stereocenters. The topological polar surface area (TPSA) is 98.5 Å². The molecule has 0 aliphatic rings. The highest BCUT2D eigenvalue weighted by molar-refractivity contribution is 5.94. The van der Waals surface area contributed by atoms with Gasteiger partial charge in [-0.25, -0.2) is 4.79 Å². The highest BCUT2D eigenvalue weighted by atomic mass is 16.5. The monoisotopic (exact) mass is 250 g/mol. The van der Waals surface area contributed by atoms with Gasteiger partial charge in [0, 0.05) is 0 Å². The molecule has 0 aliphatic carbocycles. The Morgan fingerprint density at radius 2 is 1.94 bits per heavy atom. The summed E-state index contributed by atoms with van der Waals surface area (Å²) >= 11 is 0. The predicted molar refractivity (Wildman–Crippen MR) is 63.6 cm³/mol. The van der Waals surface area contributed by atoms with E-state index in [-0.39, 0.29) is 6.42 Å². The number of nitrogens with one attached hydrogen (secondary N) is 1. The summed E-state index contributed by atoms with van der Waals surface area (Å²) in [4.78, 5) is 32.8. The summed E-state index contributed by atoms with van der Waals surface area (Å²) in [6.45, 7) is 1.36. The van der Waals surface area contributed by atoms with Crippen LogP contribution in [-0.2, 0) is 20.7 Å². The standard InChI is InChI=1S/C12H14N2O4/c1-8-4-2-3-5-9(8)6-11(16)18-7-10(15)14-12(13)17/h2-5H,6-7H2,1H3,(H3,13,14,15,17). The van der Waals surface area contributed by atoms with E-state index >= 15 is 0 Å². The molecule has 0 spiro atoms. The number of carbonyl (C=O) groups is 3. The van der Waals surface area contributed by atoms with E-state index in [2.05, 4.69) is 0 Å². The first-order valence-corrected chi connectivity index (χ1v) is 5.28. The zero-order valence-electron chi connectivity index (χ0n) is 9.93. The fourth-order valence-electron chi connectivity index (χ4n) is 1.33. The van der Waals surface area contributed by atoms with Crippen LogP contribution in [0.2, 0.25) is 0 Å². The van der Waals surface area contributed by atoms with Gasteiger partial charge < -0.3 is 10.5 Å². The molecule has 1 aromatic rings. The van der Waals surface area contributed by atoms with Crippen molar-refractivity contribution in [3.05, 3.63) is 35.4 Å². The first-order valence-electron chi connectivity index (χ1n) is 5.28. The van der Waals surface area contributed by atoms with Crippen LogP contribution in [0.25, 0.3) is 0 Å². The van der Waals surface area contributed by atoms with Crippen LogP contribution in [0, 0.1) is 6.92 Å². The van der Waals surface area contributed by atoms with Crippen LogP contribution in [0.1, 0.15) is 11.1 Å². The minimum atomic E-state index is -0.977. The Labute approximate surface area is 104 Å². The third-order valence-electron chi connectivity index (χ3n) is 2.22. The lowest BCUT2D eigenvalue weighted by molar-refractivity contribution is -0.147. The molecule has 1 rings (SSSR count). The molecule has 18 heavy (non-hydrogen) atoms. The number of urea groups is 1. The third kappa shape index (κ3) is 4.65. The number of hydrogen-bond donors (Lipinski definition) is 2. The minimum absolute atomic E-state index is 0.0799. The highest BCUT2D eigenvalue weighted by Gasteiger charge is 2.10. The number of ether oxygens (including phenoxy) is 1. The van der Waals surface area contributed by atoms with Gasteiger partial charge in [-0.2, -0.15) is 0 Å². The SMILES string of the molecule is Cc1ccccc1CC(=O)OCC(=O)NC(N)=O. The van der Waals surface area contributed by atoms with Crippen molar-refractivity contribution in [1.82, 2.24) is 5.32 Å². The van der Waals surface area contributed by atoms with Gasteiger partial charge in [0.15, 0.2) is 6.61 Å². The molecule has 3 amide bonds. The van der Waals surface area contributed by atoms with Crippen molar-refractivity contribution in [3.63, 3.8) is 0 Å². The van der Waals surface area contributed by atoms with Crippen molar-refractivity contribution in [2.24, 2.45) is 5.73 Å². The van der Waals surface area contributed by atoms with E-state index in [1.54, 1.807) is 11.4 Å². The van der Waals surface area contributed by atoms with Crippen molar-refractivity contribution in [3.8, 4) is 0 Å². The zero-order valence-corrected chi connectivity index (χ0v) is 9.93. The number of amides is 3. The van der Waals surface area contributed by atoms with Gasteiger partial charge in [-0.05, 0) is 18.1 Å². The number of nitrogens with two attached hydrogens (primary N) is 1. The van der Waals surface area contributed by atoms with Crippen molar-refractivity contribution in [2.75, 3.05) is 6.61 Å². The van der Waals surface area contributed by atoms with Crippen molar-refractivity contribution < 1.29 is 19.1 Å². The molecular weight excluding hydrogens is 236 g/mol. The largest absolute Gasteiger partial charge is 0.455 e. The van der Waals surface area contributed by atoms with Gasteiger partial charge in [0.1, 0.15) is 0 Å². The Balaban J connectivity index is 2.41. The smallest absolute Gasteiger partial charge is 0.318 e. The molecule has 0 unspecified atom stereocenters. The average Bonchev–Trinajstić information content (AvgIpc) is 2.29. The molecule has 6 heteroatoms. The molecule has 0 saturated heterocycles. The summed E-state index contributed by atoms with van der Waals surface area (Å²) in [5.74, 6) is -1.29. The molecule has 0 aromatic heterocycles. The Morgan fingerprint density at radius 1 is 1.28 bits per heavy atom. The maximum atomic E-state index is 11.4.